The molecule has 4 aromatic rings. The number of hydrogen-bond donors (Lipinski definition) is 0. The van der Waals surface area contributed by atoms with Crippen LogP contribution < -0.4 is 4.90 Å². The summed E-state index contributed by atoms with van der Waals surface area (Å²) in [7, 11) is 0. The number of rotatable bonds is 4. The van der Waals surface area contributed by atoms with E-state index in [1.807, 2.05) is 29.3 Å². The molecule has 0 bridgehead atoms. The Morgan fingerprint density at radius 3 is 2.90 bits per heavy atom. The van der Waals surface area contributed by atoms with Gasteiger partial charge in [0.2, 0.25) is 5.95 Å². The highest BCUT2D eigenvalue weighted by molar-refractivity contribution is 7.13. The maximum Gasteiger partial charge on any atom is 0.237 e. The van der Waals surface area contributed by atoms with Gasteiger partial charge < -0.3 is 9.64 Å². The molecular formula is C20H21N9OS. The molecule has 1 unspecified atom stereocenters. The Labute approximate surface area is 182 Å². The van der Waals surface area contributed by atoms with Crippen molar-refractivity contribution in [3.05, 3.63) is 41.8 Å². The van der Waals surface area contributed by atoms with E-state index in [0.717, 1.165) is 53.4 Å². The quantitative estimate of drug-likeness (QED) is 0.482. The molecule has 31 heavy (non-hydrogen) atoms. The molecule has 0 aliphatic carbocycles. The van der Waals surface area contributed by atoms with Crippen molar-refractivity contribution in [2.24, 2.45) is 0 Å². The standard InChI is InChI=1S/C20H21N9OS/c1-3-14-17-26-25-12(2)28(17)15-10-23-20(24-16(15)29(14)13-4-8-30-11-13)27-7-5-21-18(27)19-22-6-9-31-19/h5-7,9-10,13-14H,3-4,8,11H2,1-2H3/t13?,14-/m1/s1. The van der Waals surface area contributed by atoms with Crippen molar-refractivity contribution in [3.8, 4) is 22.5 Å². The average Bonchev–Trinajstić information content (AvgIpc) is 3.59. The van der Waals surface area contributed by atoms with Crippen LogP contribution in [0.4, 0.5) is 5.82 Å². The molecule has 11 heteroatoms. The third kappa shape index (κ3) is 2.80. The predicted octanol–water partition coefficient (Wildman–Crippen LogP) is 2.73. The van der Waals surface area contributed by atoms with Gasteiger partial charge in [-0.2, -0.15) is 4.98 Å². The summed E-state index contributed by atoms with van der Waals surface area (Å²) < 4.78 is 9.70. The Morgan fingerprint density at radius 2 is 2.13 bits per heavy atom. The van der Waals surface area contributed by atoms with Crippen LogP contribution in [0.1, 0.15) is 37.5 Å². The minimum Gasteiger partial charge on any atom is -0.379 e. The van der Waals surface area contributed by atoms with E-state index in [-0.39, 0.29) is 12.1 Å². The third-order valence-corrected chi connectivity index (χ3v) is 6.64. The van der Waals surface area contributed by atoms with Crippen LogP contribution in [0.3, 0.4) is 0 Å². The molecule has 4 aromatic heterocycles. The molecule has 2 aliphatic heterocycles. The van der Waals surface area contributed by atoms with E-state index >= 15 is 0 Å². The molecule has 0 radical (unpaired) electrons. The van der Waals surface area contributed by atoms with Crippen LogP contribution in [0.25, 0.3) is 22.5 Å². The van der Waals surface area contributed by atoms with Gasteiger partial charge in [0.15, 0.2) is 22.5 Å². The van der Waals surface area contributed by atoms with Gasteiger partial charge in [0.25, 0.3) is 0 Å². The Bertz CT molecular complexity index is 1230. The normalized spacial score (nSPS) is 20.1. The molecule has 10 nitrogen and oxygen atoms in total. The summed E-state index contributed by atoms with van der Waals surface area (Å²) in [6.07, 6.45) is 9.10. The molecule has 1 saturated heterocycles. The van der Waals surface area contributed by atoms with Crippen LogP contribution in [-0.2, 0) is 4.74 Å². The van der Waals surface area contributed by atoms with Crippen molar-refractivity contribution < 1.29 is 4.74 Å². The second-order valence-corrected chi connectivity index (χ2v) is 8.52. The van der Waals surface area contributed by atoms with Crippen molar-refractivity contribution in [3.63, 3.8) is 0 Å². The fourth-order valence-electron chi connectivity index (χ4n) is 4.49. The first-order valence-electron chi connectivity index (χ1n) is 10.3. The van der Waals surface area contributed by atoms with Crippen LogP contribution >= 0.6 is 11.3 Å². The van der Waals surface area contributed by atoms with E-state index < -0.39 is 0 Å². The number of fused-ring (bicyclic) bond motifs is 3. The largest absolute Gasteiger partial charge is 0.379 e. The van der Waals surface area contributed by atoms with Crippen molar-refractivity contribution in [1.29, 1.82) is 0 Å². The Morgan fingerprint density at radius 1 is 1.19 bits per heavy atom. The zero-order valence-electron chi connectivity index (χ0n) is 17.2. The summed E-state index contributed by atoms with van der Waals surface area (Å²) in [6, 6.07) is 0.308. The molecular weight excluding hydrogens is 414 g/mol. The lowest BCUT2D eigenvalue weighted by Gasteiger charge is -2.40. The molecule has 2 atom stereocenters. The van der Waals surface area contributed by atoms with Gasteiger partial charge in [-0.05, 0) is 19.8 Å². The highest BCUT2D eigenvalue weighted by Crippen LogP contribution is 2.41. The van der Waals surface area contributed by atoms with Crippen LogP contribution in [0.2, 0.25) is 0 Å². The van der Waals surface area contributed by atoms with Gasteiger partial charge >= 0.3 is 0 Å². The van der Waals surface area contributed by atoms with E-state index in [2.05, 4.69) is 36.6 Å². The minimum absolute atomic E-state index is 0.0735. The number of aromatic nitrogens is 8. The highest BCUT2D eigenvalue weighted by atomic mass is 32.1. The SMILES string of the molecule is CC[C@@H]1c2nnc(C)n2-c2cnc(-n3ccnc3-c3nccs3)nc2N1C1CCOC1. The van der Waals surface area contributed by atoms with Crippen LogP contribution in [0.15, 0.2) is 30.2 Å². The lowest BCUT2D eigenvalue weighted by atomic mass is 10.0. The fraction of sp³-hybridized carbons (Fsp3) is 0.400. The van der Waals surface area contributed by atoms with Crippen LogP contribution in [0.5, 0.6) is 0 Å². The van der Waals surface area contributed by atoms with Crippen LogP contribution in [0, 0.1) is 6.92 Å². The molecule has 0 aromatic carbocycles. The number of imidazole rings is 1. The number of aryl methyl sites for hydroxylation is 1. The van der Waals surface area contributed by atoms with E-state index in [4.69, 9.17) is 14.7 Å². The third-order valence-electron chi connectivity index (χ3n) is 5.87. The van der Waals surface area contributed by atoms with Gasteiger partial charge in [-0.15, -0.1) is 21.5 Å². The number of thiazole rings is 1. The van der Waals surface area contributed by atoms with Gasteiger partial charge in [-0.3, -0.25) is 9.13 Å². The number of hydrogen-bond acceptors (Lipinski definition) is 9. The molecule has 0 saturated carbocycles. The molecule has 2 aliphatic rings. The Hall–Kier alpha value is -3.18. The Kier molecular flexibility index (Phi) is 4.32. The summed E-state index contributed by atoms with van der Waals surface area (Å²) in [4.78, 5) is 21.0. The zero-order valence-corrected chi connectivity index (χ0v) is 18.0. The monoisotopic (exact) mass is 435 g/mol. The van der Waals surface area contributed by atoms with Gasteiger partial charge in [-0.1, -0.05) is 6.92 Å². The first kappa shape index (κ1) is 18.6. The summed E-state index contributed by atoms with van der Waals surface area (Å²) in [5, 5.41) is 11.6. The molecule has 6 heterocycles. The van der Waals surface area contributed by atoms with Gasteiger partial charge in [-0.25, -0.2) is 15.0 Å². The van der Waals surface area contributed by atoms with Crippen molar-refractivity contribution in [1.82, 2.24) is 39.3 Å². The second kappa shape index (κ2) is 7.20. The molecule has 0 N–H and O–H groups in total. The molecule has 0 amide bonds. The van der Waals surface area contributed by atoms with E-state index in [1.54, 1.807) is 12.4 Å². The van der Waals surface area contributed by atoms with Crippen LogP contribution in [-0.4, -0.2) is 58.5 Å². The predicted molar refractivity (Wildman–Crippen MR) is 115 cm³/mol. The number of ether oxygens (including phenoxy) is 1. The lowest BCUT2D eigenvalue weighted by molar-refractivity contribution is 0.191. The fourth-order valence-corrected chi connectivity index (χ4v) is 5.12. The van der Waals surface area contributed by atoms with Gasteiger partial charge in [0.05, 0.1) is 24.9 Å². The number of anilines is 1. The van der Waals surface area contributed by atoms with Crippen molar-refractivity contribution in [2.45, 2.75) is 38.8 Å². The maximum atomic E-state index is 5.73. The first-order chi connectivity index (χ1) is 15.3. The molecule has 0 spiro atoms. The van der Waals surface area contributed by atoms with E-state index in [0.29, 0.717) is 12.6 Å². The lowest BCUT2D eigenvalue weighted by Crippen LogP contribution is -2.43. The summed E-state index contributed by atoms with van der Waals surface area (Å²) >= 11 is 1.54. The van der Waals surface area contributed by atoms with Gasteiger partial charge in [0.1, 0.15) is 11.5 Å². The summed E-state index contributed by atoms with van der Waals surface area (Å²) in [5.41, 5.74) is 0.897. The average molecular weight is 436 g/mol. The summed E-state index contributed by atoms with van der Waals surface area (Å²) in [6.45, 7) is 5.57. The number of nitrogens with zero attached hydrogens (tertiary/aromatic N) is 9. The van der Waals surface area contributed by atoms with E-state index in [9.17, 15) is 0 Å². The molecule has 6 rings (SSSR count). The second-order valence-electron chi connectivity index (χ2n) is 7.63. The smallest absolute Gasteiger partial charge is 0.237 e. The minimum atomic E-state index is 0.0735. The van der Waals surface area contributed by atoms with Crippen molar-refractivity contribution in [2.75, 3.05) is 18.1 Å². The topological polar surface area (TPSA) is 99.7 Å². The zero-order chi connectivity index (χ0) is 20.9. The Balaban J connectivity index is 1.54. The maximum absolute atomic E-state index is 5.73. The molecule has 1 fully saturated rings. The first-order valence-corrected chi connectivity index (χ1v) is 11.2. The molecule has 158 valence electrons. The summed E-state index contributed by atoms with van der Waals surface area (Å²) in [5.74, 6) is 3.94. The highest BCUT2D eigenvalue weighted by Gasteiger charge is 2.39. The van der Waals surface area contributed by atoms with E-state index in [1.165, 1.54) is 11.3 Å². The van der Waals surface area contributed by atoms with Crippen molar-refractivity contribution >= 4 is 17.2 Å². The van der Waals surface area contributed by atoms with Gasteiger partial charge in [0, 0.05) is 30.6 Å².